The first-order valence-corrected chi connectivity index (χ1v) is 6.73. The second-order valence-electron chi connectivity index (χ2n) is 5.62. The number of hydrogen-bond donors (Lipinski definition) is 1. The van der Waals surface area contributed by atoms with Gasteiger partial charge in [-0.15, -0.1) is 0 Å². The molecule has 0 radical (unpaired) electrons. The van der Waals surface area contributed by atoms with Crippen LogP contribution in [0.4, 0.5) is 0 Å². The van der Waals surface area contributed by atoms with Crippen molar-refractivity contribution in [1.29, 1.82) is 0 Å². The number of amides is 1. The molecule has 0 aliphatic rings. The molecule has 2 atom stereocenters. The maximum Gasteiger partial charge on any atom is 0.319 e. The highest BCUT2D eigenvalue weighted by molar-refractivity contribution is 5.98. The van der Waals surface area contributed by atoms with Crippen LogP contribution >= 0.6 is 0 Å². The molecule has 2 unspecified atom stereocenters. The van der Waals surface area contributed by atoms with E-state index in [1.165, 1.54) is 0 Å². The lowest BCUT2D eigenvalue weighted by atomic mass is 9.80. The van der Waals surface area contributed by atoms with Crippen LogP contribution < -0.4 is 5.32 Å². The summed E-state index contributed by atoms with van der Waals surface area (Å²) in [6.07, 6.45) is 0.749. The Morgan fingerprint density at radius 1 is 1.21 bits per heavy atom. The first-order valence-electron chi connectivity index (χ1n) is 6.73. The summed E-state index contributed by atoms with van der Waals surface area (Å²) in [5.41, 5.74) is -0.484. The van der Waals surface area contributed by atoms with Crippen LogP contribution in [0.25, 0.3) is 0 Å². The molecule has 0 saturated carbocycles. The van der Waals surface area contributed by atoms with E-state index < -0.39 is 17.3 Å². The van der Waals surface area contributed by atoms with Gasteiger partial charge in [0.1, 0.15) is 5.92 Å². The van der Waals surface area contributed by atoms with Crippen molar-refractivity contribution in [3.8, 4) is 0 Å². The van der Waals surface area contributed by atoms with Crippen molar-refractivity contribution < 1.29 is 19.1 Å². The normalized spacial score (nSPS) is 14.6. The SMILES string of the molecule is CCOC(=O)C(C(=O)NC(CC)COC)C(C)(C)C. The van der Waals surface area contributed by atoms with Gasteiger partial charge in [-0.25, -0.2) is 0 Å². The fourth-order valence-corrected chi connectivity index (χ4v) is 1.83. The minimum atomic E-state index is -0.807. The monoisotopic (exact) mass is 273 g/mol. The molecule has 112 valence electrons. The van der Waals surface area contributed by atoms with Crippen LogP contribution in [0.2, 0.25) is 0 Å². The Labute approximate surface area is 116 Å². The van der Waals surface area contributed by atoms with Gasteiger partial charge in [-0.05, 0) is 18.8 Å². The third-order valence-electron chi connectivity index (χ3n) is 2.86. The van der Waals surface area contributed by atoms with E-state index in [2.05, 4.69) is 5.32 Å². The van der Waals surface area contributed by atoms with Crippen LogP contribution in [-0.4, -0.2) is 38.2 Å². The third kappa shape index (κ3) is 6.05. The lowest BCUT2D eigenvalue weighted by Crippen LogP contribution is -2.48. The molecule has 0 aliphatic heterocycles. The molecule has 0 saturated heterocycles. The highest BCUT2D eigenvalue weighted by Crippen LogP contribution is 2.27. The summed E-state index contributed by atoms with van der Waals surface area (Å²) < 4.78 is 10.0. The van der Waals surface area contributed by atoms with Crippen molar-refractivity contribution in [1.82, 2.24) is 5.32 Å². The van der Waals surface area contributed by atoms with Crippen molar-refractivity contribution in [2.45, 2.75) is 47.1 Å². The minimum absolute atomic E-state index is 0.0863. The van der Waals surface area contributed by atoms with Crippen molar-refractivity contribution in [2.24, 2.45) is 11.3 Å². The van der Waals surface area contributed by atoms with Crippen molar-refractivity contribution in [3.05, 3.63) is 0 Å². The number of methoxy groups -OCH3 is 1. The van der Waals surface area contributed by atoms with E-state index in [1.807, 2.05) is 27.7 Å². The number of carbonyl (C=O) groups is 2. The van der Waals surface area contributed by atoms with Gasteiger partial charge in [0.25, 0.3) is 0 Å². The predicted molar refractivity (Wildman–Crippen MR) is 73.7 cm³/mol. The van der Waals surface area contributed by atoms with E-state index in [4.69, 9.17) is 9.47 Å². The predicted octanol–water partition coefficient (Wildman–Crippen LogP) is 1.75. The van der Waals surface area contributed by atoms with Crippen LogP contribution in [0, 0.1) is 11.3 Å². The smallest absolute Gasteiger partial charge is 0.319 e. The third-order valence-corrected chi connectivity index (χ3v) is 2.86. The van der Waals surface area contributed by atoms with Gasteiger partial charge < -0.3 is 14.8 Å². The Morgan fingerprint density at radius 2 is 1.79 bits per heavy atom. The maximum atomic E-state index is 12.3. The minimum Gasteiger partial charge on any atom is -0.465 e. The van der Waals surface area contributed by atoms with Crippen molar-refractivity contribution in [3.63, 3.8) is 0 Å². The average Bonchev–Trinajstić information content (AvgIpc) is 2.26. The molecule has 0 fully saturated rings. The van der Waals surface area contributed by atoms with E-state index in [1.54, 1.807) is 14.0 Å². The number of ether oxygens (including phenoxy) is 2. The zero-order chi connectivity index (χ0) is 15.1. The fourth-order valence-electron chi connectivity index (χ4n) is 1.83. The number of hydrogen-bond acceptors (Lipinski definition) is 4. The molecule has 5 heteroatoms. The van der Waals surface area contributed by atoms with Crippen LogP contribution in [0.15, 0.2) is 0 Å². The van der Waals surface area contributed by atoms with E-state index in [-0.39, 0.29) is 18.6 Å². The number of nitrogens with one attached hydrogen (secondary N) is 1. The molecular weight excluding hydrogens is 246 g/mol. The summed E-state index contributed by atoms with van der Waals surface area (Å²) >= 11 is 0. The Morgan fingerprint density at radius 3 is 2.16 bits per heavy atom. The maximum absolute atomic E-state index is 12.3. The van der Waals surface area contributed by atoms with Crippen LogP contribution in [-0.2, 0) is 19.1 Å². The van der Waals surface area contributed by atoms with E-state index in [0.717, 1.165) is 6.42 Å². The van der Waals surface area contributed by atoms with Gasteiger partial charge >= 0.3 is 5.97 Å². The molecule has 0 aromatic carbocycles. The highest BCUT2D eigenvalue weighted by Gasteiger charge is 2.39. The molecule has 0 heterocycles. The molecule has 0 aromatic rings. The van der Waals surface area contributed by atoms with Gasteiger partial charge in [0.15, 0.2) is 0 Å². The Balaban J connectivity index is 4.87. The fraction of sp³-hybridized carbons (Fsp3) is 0.857. The largest absolute Gasteiger partial charge is 0.465 e. The average molecular weight is 273 g/mol. The molecule has 0 aliphatic carbocycles. The lowest BCUT2D eigenvalue weighted by molar-refractivity contribution is -0.157. The van der Waals surface area contributed by atoms with Gasteiger partial charge in [-0.1, -0.05) is 27.7 Å². The molecule has 19 heavy (non-hydrogen) atoms. The highest BCUT2D eigenvalue weighted by atomic mass is 16.5. The zero-order valence-electron chi connectivity index (χ0n) is 12.9. The van der Waals surface area contributed by atoms with Crippen LogP contribution in [0.1, 0.15) is 41.0 Å². The van der Waals surface area contributed by atoms with E-state index >= 15 is 0 Å². The summed E-state index contributed by atoms with van der Waals surface area (Å²) in [7, 11) is 1.58. The molecule has 1 N–H and O–H groups in total. The van der Waals surface area contributed by atoms with E-state index in [0.29, 0.717) is 6.61 Å². The number of rotatable bonds is 7. The summed E-state index contributed by atoms with van der Waals surface area (Å²) in [5.74, 6) is -1.58. The molecule has 5 nitrogen and oxygen atoms in total. The summed E-state index contributed by atoms with van der Waals surface area (Å²) in [6, 6.07) is -0.0863. The molecule has 1 amide bonds. The quantitative estimate of drug-likeness (QED) is 0.567. The molecule has 0 spiro atoms. The van der Waals surface area contributed by atoms with Gasteiger partial charge in [-0.2, -0.15) is 0 Å². The molecule has 0 aromatic heterocycles. The summed E-state index contributed by atoms with van der Waals surface area (Å²) in [5, 5.41) is 2.85. The van der Waals surface area contributed by atoms with Crippen molar-refractivity contribution >= 4 is 11.9 Å². The topological polar surface area (TPSA) is 64.6 Å². The summed E-state index contributed by atoms with van der Waals surface area (Å²) in [6.45, 7) is 9.95. The van der Waals surface area contributed by atoms with Gasteiger partial charge in [0, 0.05) is 7.11 Å². The van der Waals surface area contributed by atoms with Gasteiger partial charge in [-0.3, -0.25) is 9.59 Å². The standard InChI is InChI=1S/C14H27NO4/c1-7-10(9-18-6)15-12(16)11(14(3,4)5)13(17)19-8-2/h10-11H,7-9H2,1-6H3,(H,15,16). The number of carbonyl (C=O) groups excluding carboxylic acids is 2. The Kier molecular flexibility index (Phi) is 7.68. The molecule has 0 rings (SSSR count). The zero-order valence-corrected chi connectivity index (χ0v) is 12.9. The Bertz CT molecular complexity index is 296. The first-order chi connectivity index (χ1) is 8.77. The van der Waals surface area contributed by atoms with Crippen molar-refractivity contribution in [2.75, 3.05) is 20.3 Å². The Hall–Kier alpha value is -1.10. The van der Waals surface area contributed by atoms with E-state index in [9.17, 15) is 9.59 Å². The molecule has 0 bridgehead atoms. The lowest BCUT2D eigenvalue weighted by Gasteiger charge is -2.29. The summed E-state index contributed by atoms with van der Waals surface area (Å²) in [4.78, 5) is 24.2. The first kappa shape index (κ1) is 17.9. The van der Waals surface area contributed by atoms with Gasteiger partial charge in [0.2, 0.25) is 5.91 Å². The second-order valence-corrected chi connectivity index (χ2v) is 5.62. The van der Waals surface area contributed by atoms with Crippen LogP contribution in [0.3, 0.4) is 0 Å². The number of esters is 1. The second kappa shape index (κ2) is 8.15. The molecular formula is C14H27NO4. The van der Waals surface area contributed by atoms with Gasteiger partial charge in [0.05, 0.1) is 19.3 Å². The van der Waals surface area contributed by atoms with Crippen LogP contribution in [0.5, 0.6) is 0 Å².